The largest absolute Gasteiger partial charge is 0.494 e. The fourth-order valence-corrected chi connectivity index (χ4v) is 3.66. The molecule has 2 aliphatic rings. The predicted molar refractivity (Wildman–Crippen MR) is 96.1 cm³/mol. The smallest absolute Gasteiger partial charge is 0.233 e. The van der Waals surface area contributed by atoms with Crippen LogP contribution in [0.15, 0.2) is 30.4 Å². The Morgan fingerprint density at radius 1 is 1.22 bits per heavy atom. The number of hydrogen-bond donors (Lipinski definition) is 0. The number of allylic oxidation sites excluding steroid dienone is 2. The van der Waals surface area contributed by atoms with Gasteiger partial charge in [-0.2, -0.15) is 0 Å². The average Bonchev–Trinajstić information content (AvgIpc) is 2.91. The molecule has 2 atom stereocenters. The normalized spacial score (nSPS) is 21.4. The zero-order valence-electron chi connectivity index (χ0n) is 15.5. The Kier molecular flexibility index (Phi) is 5.58. The monoisotopic (exact) mass is 374 g/mol. The van der Waals surface area contributed by atoms with E-state index in [0.717, 1.165) is 0 Å². The van der Waals surface area contributed by atoms with Crippen LogP contribution in [-0.2, 0) is 20.9 Å². The first-order valence-corrected chi connectivity index (χ1v) is 8.99. The summed E-state index contributed by atoms with van der Waals surface area (Å²) in [4.78, 5) is 39.9. The van der Waals surface area contributed by atoms with E-state index in [1.165, 1.54) is 29.0 Å². The van der Waals surface area contributed by atoms with Crippen LogP contribution < -0.4 is 4.74 Å². The lowest BCUT2D eigenvalue weighted by Crippen LogP contribution is -2.36. The summed E-state index contributed by atoms with van der Waals surface area (Å²) >= 11 is 0. The van der Waals surface area contributed by atoms with Crippen molar-refractivity contribution in [3.05, 3.63) is 41.7 Å². The number of carbonyl (C=O) groups is 3. The van der Waals surface area contributed by atoms with E-state index < -0.39 is 5.82 Å². The number of imide groups is 1. The quantitative estimate of drug-likeness (QED) is 0.565. The van der Waals surface area contributed by atoms with Gasteiger partial charge in [-0.15, -0.1) is 0 Å². The summed E-state index contributed by atoms with van der Waals surface area (Å²) in [6.45, 7) is 0.321. The predicted octanol–water partition coefficient (Wildman–Crippen LogP) is 2.13. The highest BCUT2D eigenvalue weighted by atomic mass is 19.1. The van der Waals surface area contributed by atoms with Crippen molar-refractivity contribution in [2.24, 2.45) is 11.8 Å². The van der Waals surface area contributed by atoms with Crippen LogP contribution in [0.1, 0.15) is 24.8 Å². The van der Waals surface area contributed by atoms with Gasteiger partial charge in [0, 0.05) is 26.6 Å². The van der Waals surface area contributed by atoms with Crippen LogP contribution >= 0.6 is 0 Å². The number of hydrogen-bond acceptors (Lipinski definition) is 4. The maximum absolute atomic E-state index is 13.8. The first kappa shape index (κ1) is 19.1. The van der Waals surface area contributed by atoms with Crippen LogP contribution in [0.5, 0.6) is 5.75 Å². The SMILES string of the molecule is COc1ccc(CN(C)C(=O)CCN2C(=O)[C@H]3CC=CC[C@@H]3C2=O)cc1F. The van der Waals surface area contributed by atoms with Crippen LogP contribution in [-0.4, -0.2) is 48.2 Å². The highest BCUT2D eigenvalue weighted by molar-refractivity contribution is 6.05. The second-order valence-corrected chi connectivity index (χ2v) is 6.95. The third-order valence-corrected chi connectivity index (χ3v) is 5.21. The molecule has 0 aromatic heterocycles. The van der Waals surface area contributed by atoms with E-state index in [9.17, 15) is 18.8 Å². The molecule has 0 spiro atoms. The Morgan fingerprint density at radius 3 is 2.41 bits per heavy atom. The van der Waals surface area contributed by atoms with Crippen LogP contribution in [0, 0.1) is 17.7 Å². The summed E-state index contributed by atoms with van der Waals surface area (Å²) in [7, 11) is 3.00. The highest BCUT2D eigenvalue weighted by Crippen LogP contribution is 2.35. The first-order valence-electron chi connectivity index (χ1n) is 8.99. The molecule has 0 bridgehead atoms. The summed E-state index contributed by atoms with van der Waals surface area (Å²) in [5.74, 6) is -1.46. The van der Waals surface area contributed by atoms with Crippen molar-refractivity contribution in [2.75, 3.05) is 20.7 Å². The third-order valence-electron chi connectivity index (χ3n) is 5.21. The fourth-order valence-electron chi connectivity index (χ4n) is 3.66. The van der Waals surface area contributed by atoms with E-state index in [-0.39, 0.29) is 54.8 Å². The van der Waals surface area contributed by atoms with E-state index in [4.69, 9.17) is 4.74 Å². The van der Waals surface area contributed by atoms with Crippen molar-refractivity contribution in [2.45, 2.75) is 25.8 Å². The van der Waals surface area contributed by atoms with Crippen molar-refractivity contribution in [1.82, 2.24) is 9.80 Å². The molecule has 7 heteroatoms. The van der Waals surface area contributed by atoms with Crippen molar-refractivity contribution in [3.63, 3.8) is 0 Å². The van der Waals surface area contributed by atoms with Crippen LogP contribution in [0.3, 0.4) is 0 Å². The molecule has 3 rings (SSSR count). The van der Waals surface area contributed by atoms with Gasteiger partial charge in [0.05, 0.1) is 18.9 Å². The van der Waals surface area contributed by atoms with Gasteiger partial charge < -0.3 is 9.64 Å². The van der Waals surface area contributed by atoms with Crippen molar-refractivity contribution >= 4 is 17.7 Å². The molecule has 3 amide bonds. The van der Waals surface area contributed by atoms with E-state index in [1.807, 2.05) is 12.2 Å². The lowest BCUT2D eigenvalue weighted by atomic mass is 9.85. The van der Waals surface area contributed by atoms with Gasteiger partial charge in [0.2, 0.25) is 17.7 Å². The molecule has 0 N–H and O–H groups in total. The standard InChI is InChI=1S/C20H23FN2O4/c1-22(12-13-7-8-17(27-2)16(21)11-13)18(24)9-10-23-19(25)14-5-3-4-6-15(14)20(23)26/h3-4,7-8,11,14-15H,5-6,9-10,12H2,1-2H3/t14-,15-/m0/s1. The Bertz CT molecular complexity index is 766. The van der Waals surface area contributed by atoms with E-state index in [2.05, 4.69) is 0 Å². The van der Waals surface area contributed by atoms with Gasteiger partial charge in [0.1, 0.15) is 0 Å². The number of likely N-dealkylation sites (tertiary alicyclic amines) is 1. The molecule has 6 nitrogen and oxygen atoms in total. The zero-order valence-corrected chi connectivity index (χ0v) is 15.5. The minimum atomic E-state index is -0.486. The molecule has 1 saturated heterocycles. The lowest BCUT2D eigenvalue weighted by Gasteiger charge is -2.20. The maximum Gasteiger partial charge on any atom is 0.233 e. The van der Waals surface area contributed by atoms with E-state index in [0.29, 0.717) is 18.4 Å². The molecule has 0 unspecified atom stereocenters. The van der Waals surface area contributed by atoms with Crippen LogP contribution in [0.2, 0.25) is 0 Å². The van der Waals surface area contributed by atoms with Gasteiger partial charge in [0.25, 0.3) is 0 Å². The first-order chi connectivity index (χ1) is 12.9. The molecule has 0 radical (unpaired) electrons. The van der Waals surface area contributed by atoms with Crippen LogP contribution in [0.4, 0.5) is 4.39 Å². The second kappa shape index (κ2) is 7.90. The zero-order chi connectivity index (χ0) is 19.6. The van der Waals surface area contributed by atoms with Gasteiger partial charge >= 0.3 is 0 Å². The molecule has 1 fully saturated rings. The number of amides is 3. The number of methoxy groups -OCH3 is 1. The minimum absolute atomic E-state index is 0.0550. The maximum atomic E-state index is 13.8. The summed E-state index contributed by atoms with van der Waals surface area (Å²) < 4.78 is 18.6. The molecule has 0 saturated carbocycles. The van der Waals surface area contributed by atoms with Crippen molar-refractivity contribution in [1.29, 1.82) is 0 Å². The molecule has 1 aromatic rings. The number of fused-ring (bicyclic) bond motifs is 1. The van der Waals surface area contributed by atoms with Crippen molar-refractivity contribution < 1.29 is 23.5 Å². The van der Waals surface area contributed by atoms with E-state index in [1.54, 1.807) is 13.1 Å². The Labute approximate surface area is 157 Å². The van der Waals surface area contributed by atoms with E-state index >= 15 is 0 Å². The number of benzene rings is 1. The Morgan fingerprint density at radius 2 is 1.85 bits per heavy atom. The van der Waals surface area contributed by atoms with Gasteiger partial charge in [-0.05, 0) is 30.5 Å². The van der Waals surface area contributed by atoms with Gasteiger partial charge in [0.15, 0.2) is 11.6 Å². The number of halogens is 1. The second-order valence-electron chi connectivity index (χ2n) is 6.95. The number of ether oxygens (including phenoxy) is 1. The van der Waals surface area contributed by atoms with Crippen molar-refractivity contribution in [3.8, 4) is 5.75 Å². The molecule has 144 valence electrons. The lowest BCUT2D eigenvalue weighted by molar-refractivity contribution is -0.140. The van der Waals surface area contributed by atoms with Crippen LogP contribution in [0.25, 0.3) is 0 Å². The number of nitrogens with zero attached hydrogens (tertiary/aromatic N) is 2. The van der Waals surface area contributed by atoms with Gasteiger partial charge in [-0.1, -0.05) is 18.2 Å². The number of carbonyl (C=O) groups excluding carboxylic acids is 3. The highest BCUT2D eigenvalue weighted by Gasteiger charge is 2.46. The third kappa shape index (κ3) is 3.86. The Hall–Kier alpha value is -2.70. The summed E-state index contributed by atoms with van der Waals surface area (Å²) in [5.41, 5.74) is 0.634. The summed E-state index contributed by atoms with van der Waals surface area (Å²) in [5, 5.41) is 0. The molecular formula is C20H23FN2O4. The minimum Gasteiger partial charge on any atom is -0.494 e. The number of rotatable bonds is 6. The summed E-state index contributed by atoms with van der Waals surface area (Å²) in [6, 6.07) is 4.53. The average molecular weight is 374 g/mol. The molecule has 27 heavy (non-hydrogen) atoms. The summed E-state index contributed by atoms with van der Waals surface area (Å²) in [6.07, 6.45) is 5.09. The fraction of sp³-hybridized carbons (Fsp3) is 0.450. The molecule has 1 aliphatic carbocycles. The topological polar surface area (TPSA) is 66.9 Å². The molecular weight excluding hydrogens is 351 g/mol. The molecule has 1 heterocycles. The molecule has 1 aromatic carbocycles. The van der Waals surface area contributed by atoms with Gasteiger partial charge in [-0.3, -0.25) is 19.3 Å². The molecule has 1 aliphatic heterocycles. The van der Waals surface area contributed by atoms with Gasteiger partial charge in [-0.25, -0.2) is 4.39 Å². The Balaban J connectivity index is 1.55.